The average molecular weight is 494 g/mol. The quantitative estimate of drug-likeness (QED) is 0.278. The van der Waals surface area contributed by atoms with Gasteiger partial charge in [-0.3, -0.25) is 4.99 Å². The highest BCUT2D eigenvalue weighted by Gasteiger charge is 2.19. The van der Waals surface area contributed by atoms with Crippen molar-refractivity contribution in [1.82, 2.24) is 15.6 Å². The van der Waals surface area contributed by atoms with E-state index in [0.29, 0.717) is 24.9 Å². The molecule has 0 atom stereocenters. The number of rotatable bonds is 6. The van der Waals surface area contributed by atoms with Crippen LogP contribution in [0.1, 0.15) is 32.4 Å². The van der Waals surface area contributed by atoms with Crippen molar-refractivity contribution in [3.05, 3.63) is 47.7 Å². The predicted octanol–water partition coefficient (Wildman–Crippen LogP) is 3.61. The van der Waals surface area contributed by atoms with Crippen molar-refractivity contribution in [2.45, 2.75) is 32.7 Å². The van der Waals surface area contributed by atoms with Gasteiger partial charge < -0.3 is 19.8 Å². The van der Waals surface area contributed by atoms with Gasteiger partial charge in [0.15, 0.2) is 17.6 Å². The van der Waals surface area contributed by atoms with Gasteiger partial charge in [-0.15, -0.1) is 24.0 Å². The van der Waals surface area contributed by atoms with E-state index in [0.717, 1.165) is 17.9 Å². The van der Waals surface area contributed by atoms with Crippen LogP contribution in [0.4, 0.5) is 8.78 Å². The van der Waals surface area contributed by atoms with Gasteiger partial charge in [0.2, 0.25) is 5.89 Å². The number of aromatic nitrogens is 1. The van der Waals surface area contributed by atoms with E-state index in [1.54, 1.807) is 13.2 Å². The van der Waals surface area contributed by atoms with Crippen molar-refractivity contribution in [3.8, 4) is 5.75 Å². The highest BCUT2D eigenvalue weighted by atomic mass is 127. The number of aliphatic imine (C=N–C) groups is 1. The summed E-state index contributed by atoms with van der Waals surface area (Å²) in [5.74, 6) is 0.361. The van der Waals surface area contributed by atoms with Crippen molar-refractivity contribution < 1.29 is 17.9 Å². The highest BCUT2D eigenvalue weighted by molar-refractivity contribution is 14.0. The Balaban J connectivity index is 0.00000364. The fraction of sp³-hybridized carbons (Fsp3) is 0.444. The maximum Gasteiger partial charge on any atom is 0.213 e. The topological polar surface area (TPSA) is 71.7 Å². The third-order valence-electron chi connectivity index (χ3n) is 3.48. The summed E-state index contributed by atoms with van der Waals surface area (Å²) in [7, 11) is 1.64. The maximum atomic E-state index is 13.1. The molecule has 0 aliphatic rings. The van der Waals surface area contributed by atoms with Crippen LogP contribution in [0.5, 0.6) is 5.75 Å². The molecule has 0 aliphatic carbocycles. The summed E-state index contributed by atoms with van der Waals surface area (Å²) < 4.78 is 37.0. The van der Waals surface area contributed by atoms with Crippen LogP contribution in [-0.4, -0.2) is 31.1 Å². The van der Waals surface area contributed by atoms with Crippen molar-refractivity contribution in [1.29, 1.82) is 0 Å². The average Bonchev–Trinajstić information content (AvgIpc) is 3.06. The first-order valence-corrected chi connectivity index (χ1v) is 8.27. The molecule has 9 heteroatoms. The van der Waals surface area contributed by atoms with Gasteiger partial charge in [-0.05, 0) is 12.1 Å². The first-order valence-electron chi connectivity index (χ1n) is 8.27. The minimum absolute atomic E-state index is 0. The lowest BCUT2D eigenvalue weighted by Crippen LogP contribution is -2.38. The van der Waals surface area contributed by atoms with Gasteiger partial charge in [0.25, 0.3) is 0 Å². The molecule has 0 saturated carbocycles. The lowest BCUT2D eigenvalue weighted by Gasteiger charge is -2.13. The van der Waals surface area contributed by atoms with Crippen molar-refractivity contribution in [2.75, 3.05) is 20.2 Å². The molecule has 1 heterocycles. The molecule has 2 N–H and O–H groups in total. The third-order valence-corrected chi connectivity index (χ3v) is 3.48. The second-order valence-electron chi connectivity index (χ2n) is 6.65. The van der Waals surface area contributed by atoms with Crippen LogP contribution in [0.2, 0.25) is 0 Å². The molecule has 27 heavy (non-hydrogen) atoms. The zero-order valence-electron chi connectivity index (χ0n) is 15.8. The molecule has 2 rings (SSSR count). The summed E-state index contributed by atoms with van der Waals surface area (Å²) in [6.07, 6.45) is 1.73. The molecule has 0 radical (unpaired) electrons. The molecule has 0 bridgehead atoms. The van der Waals surface area contributed by atoms with E-state index in [-0.39, 0.29) is 41.7 Å². The Kier molecular flexibility index (Phi) is 8.94. The number of ether oxygens (including phenoxy) is 1. The van der Waals surface area contributed by atoms with E-state index >= 15 is 0 Å². The smallest absolute Gasteiger partial charge is 0.213 e. The predicted molar refractivity (Wildman–Crippen MR) is 111 cm³/mol. The minimum Gasteiger partial charge on any atom is -0.492 e. The molecule has 0 fully saturated rings. The van der Waals surface area contributed by atoms with Crippen LogP contribution in [-0.2, 0) is 12.0 Å². The first kappa shape index (κ1) is 23.1. The zero-order valence-corrected chi connectivity index (χ0v) is 18.1. The zero-order chi connectivity index (χ0) is 19.2. The summed E-state index contributed by atoms with van der Waals surface area (Å²) >= 11 is 0. The van der Waals surface area contributed by atoms with Gasteiger partial charge in [0.05, 0.1) is 19.3 Å². The normalized spacial score (nSPS) is 11.7. The number of oxazole rings is 1. The van der Waals surface area contributed by atoms with Gasteiger partial charge in [0.1, 0.15) is 18.1 Å². The lowest BCUT2D eigenvalue weighted by molar-refractivity contribution is 0.318. The Morgan fingerprint density at radius 1 is 1.22 bits per heavy atom. The van der Waals surface area contributed by atoms with Gasteiger partial charge in [-0.1, -0.05) is 20.8 Å². The van der Waals surface area contributed by atoms with Crippen LogP contribution in [0, 0.1) is 11.6 Å². The molecule has 150 valence electrons. The van der Waals surface area contributed by atoms with Crippen LogP contribution in [0.15, 0.2) is 33.8 Å². The minimum atomic E-state index is -0.937. The van der Waals surface area contributed by atoms with Gasteiger partial charge in [0, 0.05) is 18.5 Å². The molecule has 2 aromatic rings. The standard InChI is InChI=1S/C18H24F2N4O2.HI/c1-18(2,3)15-10-23-16(26-15)11-24-17(21-4)22-7-8-25-12-5-6-13(19)14(20)9-12;/h5-6,9-10H,7-8,11H2,1-4H3,(H2,21,22,24);1H. The van der Waals surface area contributed by atoms with E-state index in [1.807, 2.05) is 0 Å². The lowest BCUT2D eigenvalue weighted by atomic mass is 9.94. The van der Waals surface area contributed by atoms with Gasteiger partial charge >= 0.3 is 0 Å². The summed E-state index contributed by atoms with van der Waals surface area (Å²) in [6, 6.07) is 3.42. The van der Waals surface area contributed by atoms with E-state index < -0.39 is 11.6 Å². The molecular weight excluding hydrogens is 469 g/mol. The Hall–Kier alpha value is -1.91. The van der Waals surface area contributed by atoms with Crippen LogP contribution >= 0.6 is 24.0 Å². The van der Waals surface area contributed by atoms with Gasteiger partial charge in [-0.2, -0.15) is 0 Å². The van der Waals surface area contributed by atoms with E-state index in [1.165, 1.54) is 6.07 Å². The van der Waals surface area contributed by atoms with Crippen molar-refractivity contribution >= 4 is 29.9 Å². The molecule has 6 nitrogen and oxygen atoms in total. The third kappa shape index (κ3) is 7.31. The van der Waals surface area contributed by atoms with Crippen LogP contribution in [0.3, 0.4) is 0 Å². The Morgan fingerprint density at radius 2 is 1.96 bits per heavy atom. The largest absolute Gasteiger partial charge is 0.492 e. The fourth-order valence-corrected chi connectivity index (χ4v) is 2.02. The highest BCUT2D eigenvalue weighted by Crippen LogP contribution is 2.22. The molecule has 1 aromatic heterocycles. The molecule has 0 amide bonds. The second-order valence-corrected chi connectivity index (χ2v) is 6.65. The fourth-order valence-electron chi connectivity index (χ4n) is 2.02. The van der Waals surface area contributed by atoms with Crippen LogP contribution in [0.25, 0.3) is 0 Å². The number of nitrogens with one attached hydrogen (secondary N) is 2. The van der Waals surface area contributed by atoms with Crippen LogP contribution < -0.4 is 15.4 Å². The van der Waals surface area contributed by atoms with E-state index in [2.05, 4.69) is 41.4 Å². The van der Waals surface area contributed by atoms with Crippen molar-refractivity contribution in [2.24, 2.45) is 4.99 Å². The summed E-state index contributed by atoms with van der Waals surface area (Å²) in [4.78, 5) is 8.33. The monoisotopic (exact) mass is 494 g/mol. The number of hydrogen-bond donors (Lipinski definition) is 2. The molecule has 0 aliphatic heterocycles. The molecule has 0 spiro atoms. The van der Waals surface area contributed by atoms with E-state index in [4.69, 9.17) is 9.15 Å². The maximum absolute atomic E-state index is 13.1. The Bertz CT molecular complexity index is 760. The number of halogens is 3. The van der Waals surface area contributed by atoms with Crippen molar-refractivity contribution in [3.63, 3.8) is 0 Å². The van der Waals surface area contributed by atoms with Gasteiger partial charge in [-0.25, -0.2) is 13.8 Å². The summed E-state index contributed by atoms with van der Waals surface area (Å²) in [5.41, 5.74) is -0.0949. The Morgan fingerprint density at radius 3 is 2.56 bits per heavy atom. The number of hydrogen-bond acceptors (Lipinski definition) is 4. The molecule has 0 saturated heterocycles. The molecule has 1 aromatic carbocycles. The SMILES string of the molecule is CN=C(NCCOc1ccc(F)c(F)c1)NCc1ncc(C(C)(C)C)o1.I. The molecular formula is C18H25F2IN4O2. The summed E-state index contributed by atoms with van der Waals surface area (Å²) in [5, 5.41) is 6.13. The summed E-state index contributed by atoms with van der Waals surface area (Å²) in [6.45, 7) is 7.24. The van der Waals surface area contributed by atoms with E-state index in [9.17, 15) is 8.78 Å². The molecule has 0 unspecified atom stereocenters. The Labute approximate surface area is 174 Å². The first-order chi connectivity index (χ1) is 12.3. The second kappa shape index (κ2) is 10.4. The number of nitrogens with zero attached hydrogens (tertiary/aromatic N) is 2. The number of guanidine groups is 1. The number of benzene rings is 1.